The zero-order valence-electron chi connectivity index (χ0n) is 11.3. The maximum atomic E-state index is 8.84. The van der Waals surface area contributed by atoms with Crippen molar-refractivity contribution < 1.29 is 0 Å². The lowest BCUT2D eigenvalue weighted by Gasteiger charge is -2.37. The number of hydrogen-bond donors (Lipinski definition) is 1. The van der Waals surface area contributed by atoms with Crippen molar-refractivity contribution in [2.24, 2.45) is 0 Å². The Morgan fingerprint density at radius 3 is 2.67 bits per heavy atom. The molecule has 2 nitrogen and oxygen atoms in total. The van der Waals surface area contributed by atoms with Crippen LogP contribution in [0.4, 0.5) is 5.69 Å². The van der Waals surface area contributed by atoms with E-state index in [9.17, 15) is 0 Å². The molecule has 0 saturated heterocycles. The van der Waals surface area contributed by atoms with Crippen LogP contribution >= 0.6 is 27.5 Å². The SMILES string of the molecule is N#Cc1ccc(NC2CC(c3cccc(Br)c3)C2)c(Cl)c1. The Balaban J connectivity index is 1.61. The minimum Gasteiger partial charge on any atom is -0.381 e. The van der Waals surface area contributed by atoms with E-state index in [4.69, 9.17) is 16.9 Å². The van der Waals surface area contributed by atoms with Gasteiger partial charge in [0, 0.05) is 10.5 Å². The lowest BCUT2D eigenvalue weighted by atomic mass is 9.76. The van der Waals surface area contributed by atoms with E-state index in [0.29, 0.717) is 22.5 Å². The molecule has 0 spiro atoms. The van der Waals surface area contributed by atoms with Crippen LogP contribution < -0.4 is 5.32 Å². The van der Waals surface area contributed by atoms with Gasteiger partial charge in [-0.25, -0.2) is 0 Å². The average Bonchev–Trinajstić information content (AvgIpc) is 2.43. The molecular formula is C17H14BrClN2. The van der Waals surface area contributed by atoms with Crippen LogP contribution in [0.5, 0.6) is 0 Å². The maximum absolute atomic E-state index is 8.84. The van der Waals surface area contributed by atoms with Gasteiger partial charge in [-0.2, -0.15) is 5.26 Å². The smallest absolute Gasteiger partial charge is 0.0992 e. The minimum atomic E-state index is 0.444. The Bertz CT molecular complexity index is 702. The van der Waals surface area contributed by atoms with Crippen molar-refractivity contribution in [1.29, 1.82) is 5.26 Å². The molecule has 1 aliphatic carbocycles. The lowest BCUT2D eigenvalue weighted by Crippen LogP contribution is -2.34. The molecule has 0 unspecified atom stereocenters. The Morgan fingerprint density at radius 1 is 1.19 bits per heavy atom. The monoisotopic (exact) mass is 360 g/mol. The van der Waals surface area contributed by atoms with Gasteiger partial charge in [0.15, 0.2) is 0 Å². The van der Waals surface area contributed by atoms with Crippen molar-refractivity contribution in [3.8, 4) is 6.07 Å². The highest BCUT2D eigenvalue weighted by Gasteiger charge is 2.30. The van der Waals surface area contributed by atoms with Gasteiger partial charge in [-0.1, -0.05) is 39.7 Å². The van der Waals surface area contributed by atoms with Crippen LogP contribution in [0.3, 0.4) is 0 Å². The van der Waals surface area contributed by atoms with E-state index in [1.807, 2.05) is 6.07 Å². The molecule has 1 fully saturated rings. The van der Waals surface area contributed by atoms with E-state index >= 15 is 0 Å². The molecule has 2 aromatic carbocycles. The first-order valence-corrected chi connectivity index (χ1v) is 8.04. The van der Waals surface area contributed by atoms with Crippen LogP contribution in [-0.2, 0) is 0 Å². The number of anilines is 1. The Hall–Kier alpha value is -1.50. The molecule has 0 bridgehead atoms. The van der Waals surface area contributed by atoms with Crippen LogP contribution in [0, 0.1) is 11.3 Å². The topological polar surface area (TPSA) is 35.8 Å². The fourth-order valence-corrected chi connectivity index (χ4v) is 3.34. The van der Waals surface area contributed by atoms with Crippen molar-refractivity contribution in [2.45, 2.75) is 24.8 Å². The van der Waals surface area contributed by atoms with Gasteiger partial charge in [-0.15, -0.1) is 0 Å². The van der Waals surface area contributed by atoms with Crippen LogP contribution in [0.25, 0.3) is 0 Å². The van der Waals surface area contributed by atoms with Gasteiger partial charge < -0.3 is 5.32 Å². The summed E-state index contributed by atoms with van der Waals surface area (Å²) >= 11 is 9.70. The summed E-state index contributed by atoms with van der Waals surface area (Å²) in [6, 6.07) is 16.4. The van der Waals surface area contributed by atoms with Crippen molar-refractivity contribution in [3.63, 3.8) is 0 Å². The number of rotatable bonds is 3. The second kappa shape index (κ2) is 6.09. The summed E-state index contributed by atoms with van der Waals surface area (Å²) < 4.78 is 1.13. The molecule has 0 aromatic heterocycles. The molecular weight excluding hydrogens is 348 g/mol. The van der Waals surface area contributed by atoms with Crippen LogP contribution in [0.15, 0.2) is 46.9 Å². The second-order valence-electron chi connectivity index (χ2n) is 5.37. The van der Waals surface area contributed by atoms with E-state index in [1.54, 1.807) is 12.1 Å². The van der Waals surface area contributed by atoms with Gasteiger partial charge in [-0.05, 0) is 54.7 Å². The summed E-state index contributed by atoms with van der Waals surface area (Å²) in [6.45, 7) is 0. The normalized spacial score (nSPS) is 20.4. The van der Waals surface area contributed by atoms with Gasteiger partial charge in [0.2, 0.25) is 0 Å². The number of nitrogens with one attached hydrogen (secondary N) is 1. The van der Waals surface area contributed by atoms with Crippen molar-refractivity contribution in [1.82, 2.24) is 0 Å². The summed E-state index contributed by atoms with van der Waals surface area (Å²) in [7, 11) is 0. The van der Waals surface area contributed by atoms with Gasteiger partial charge in [0.05, 0.1) is 22.3 Å². The first kappa shape index (κ1) is 14.4. The third-order valence-electron chi connectivity index (χ3n) is 3.92. The third-order valence-corrected chi connectivity index (χ3v) is 4.72. The molecule has 0 aliphatic heterocycles. The molecule has 0 heterocycles. The molecule has 3 rings (SSSR count). The molecule has 21 heavy (non-hydrogen) atoms. The number of nitrogens with zero attached hydrogens (tertiary/aromatic N) is 1. The predicted octanol–water partition coefficient (Wildman–Crippen LogP) is 5.33. The Kier molecular flexibility index (Phi) is 4.19. The minimum absolute atomic E-state index is 0.444. The standard InChI is InChI=1S/C17H14BrClN2/c18-14-3-1-2-12(7-14)13-8-15(9-13)21-17-5-4-11(10-20)6-16(17)19/h1-7,13,15,21H,8-9H2. The molecule has 0 radical (unpaired) electrons. The number of halogens is 2. The van der Waals surface area contributed by atoms with Crippen molar-refractivity contribution in [3.05, 3.63) is 63.1 Å². The summed E-state index contributed by atoms with van der Waals surface area (Å²) in [4.78, 5) is 0. The van der Waals surface area contributed by atoms with Crippen LogP contribution in [0.2, 0.25) is 5.02 Å². The summed E-state index contributed by atoms with van der Waals surface area (Å²) in [5.41, 5.74) is 2.88. The quantitative estimate of drug-likeness (QED) is 0.801. The van der Waals surface area contributed by atoms with Gasteiger partial charge in [0.25, 0.3) is 0 Å². The van der Waals surface area contributed by atoms with Crippen LogP contribution in [0.1, 0.15) is 29.9 Å². The molecule has 1 aliphatic rings. The number of benzene rings is 2. The first-order chi connectivity index (χ1) is 10.2. The molecule has 1 saturated carbocycles. The summed E-state index contributed by atoms with van der Waals surface area (Å²) in [6.07, 6.45) is 2.21. The lowest BCUT2D eigenvalue weighted by molar-refractivity contribution is 0.374. The zero-order chi connectivity index (χ0) is 14.8. The molecule has 106 valence electrons. The Morgan fingerprint density at radius 2 is 2.00 bits per heavy atom. The maximum Gasteiger partial charge on any atom is 0.0992 e. The second-order valence-corrected chi connectivity index (χ2v) is 6.69. The zero-order valence-corrected chi connectivity index (χ0v) is 13.7. The molecule has 4 heteroatoms. The highest BCUT2D eigenvalue weighted by molar-refractivity contribution is 9.10. The summed E-state index contributed by atoms with van der Waals surface area (Å²) in [5, 5.41) is 12.9. The van der Waals surface area contributed by atoms with E-state index < -0.39 is 0 Å². The molecule has 2 aromatic rings. The van der Waals surface area contributed by atoms with Crippen LogP contribution in [-0.4, -0.2) is 6.04 Å². The van der Waals surface area contributed by atoms with Crippen molar-refractivity contribution >= 4 is 33.2 Å². The summed E-state index contributed by atoms with van der Waals surface area (Å²) in [5.74, 6) is 0.608. The highest BCUT2D eigenvalue weighted by atomic mass is 79.9. The third kappa shape index (κ3) is 3.23. The van der Waals surface area contributed by atoms with Gasteiger partial charge in [0.1, 0.15) is 0 Å². The van der Waals surface area contributed by atoms with Gasteiger partial charge in [-0.3, -0.25) is 0 Å². The highest BCUT2D eigenvalue weighted by Crippen LogP contribution is 2.40. The average molecular weight is 362 g/mol. The first-order valence-electron chi connectivity index (χ1n) is 6.87. The van der Waals surface area contributed by atoms with Crippen molar-refractivity contribution in [2.75, 3.05) is 5.32 Å². The largest absolute Gasteiger partial charge is 0.381 e. The fourth-order valence-electron chi connectivity index (χ4n) is 2.69. The van der Waals surface area contributed by atoms with E-state index in [1.165, 1.54) is 5.56 Å². The number of hydrogen-bond acceptors (Lipinski definition) is 2. The molecule has 0 amide bonds. The van der Waals surface area contributed by atoms with E-state index in [2.05, 4.69) is 51.6 Å². The molecule has 1 N–H and O–H groups in total. The Labute approximate surface area is 137 Å². The van der Waals surface area contributed by atoms with Gasteiger partial charge >= 0.3 is 0 Å². The van der Waals surface area contributed by atoms with E-state index in [-0.39, 0.29) is 0 Å². The molecule has 0 atom stereocenters. The van der Waals surface area contributed by atoms with E-state index in [0.717, 1.165) is 23.0 Å². The number of nitriles is 1. The predicted molar refractivity (Wildman–Crippen MR) is 89.7 cm³/mol. The fraction of sp³-hybridized carbons (Fsp3) is 0.235.